The van der Waals surface area contributed by atoms with Crippen molar-refractivity contribution in [2.45, 2.75) is 45.6 Å². The Bertz CT molecular complexity index is 1110. The second-order valence-electron chi connectivity index (χ2n) is 8.91. The monoisotopic (exact) mass is 438 g/mol. The van der Waals surface area contributed by atoms with Gasteiger partial charge in [-0.15, -0.1) is 11.3 Å². The number of pyridine rings is 2. The van der Waals surface area contributed by atoms with Crippen molar-refractivity contribution in [1.82, 2.24) is 15.0 Å². The Hall–Kier alpha value is -2.84. The number of nitrogens with one attached hydrogen (secondary N) is 1. The zero-order valence-electron chi connectivity index (χ0n) is 17.8. The molecule has 0 radical (unpaired) electrons. The van der Waals surface area contributed by atoms with Crippen LogP contribution in [0.25, 0.3) is 10.6 Å². The van der Waals surface area contributed by atoms with E-state index < -0.39 is 22.9 Å². The summed E-state index contributed by atoms with van der Waals surface area (Å²) in [5.41, 5.74) is 0.214. The van der Waals surface area contributed by atoms with E-state index in [0.717, 1.165) is 22.0 Å². The summed E-state index contributed by atoms with van der Waals surface area (Å²) in [6.07, 6.45) is 4.64. The van der Waals surface area contributed by atoms with Crippen LogP contribution in [0.1, 0.15) is 43.7 Å². The summed E-state index contributed by atoms with van der Waals surface area (Å²) in [5.74, 6) is 0.129. The zero-order valence-corrected chi connectivity index (χ0v) is 18.6. The number of anilines is 2. The molecule has 0 aliphatic heterocycles. The molecule has 3 heterocycles. The molecule has 162 valence electrons. The van der Waals surface area contributed by atoms with Crippen molar-refractivity contribution in [2.24, 2.45) is 11.3 Å². The Morgan fingerprint density at radius 3 is 2.74 bits per heavy atom. The molecule has 3 N–H and O–H groups in total. The number of carboxylic acids is 1. The fourth-order valence-corrected chi connectivity index (χ4v) is 5.37. The fourth-order valence-electron chi connectivity index (χ4n) is 4.36. The van der Waals surface area contributed by atoms with Crippen LogP contribution >= 0.6 is 11.3 Å². The maximum absolute atomic E-state index is 11.6. The summed E-state index contributed by atoms with van der Waals surface area (Å²) in [5, 5.41) is 24.7. The largest absolute Gasteiger partial charge is 0.481 e. The summed E-state index contributed by atoms with van der Waals surface area (Å²) in [6.45, 7) is 5.81. The number of aliphatic hydroxyl groups is 1. The second-order valence-corrected chi connectivity index (χ2v) is 9.94. The van der Waals surface area contributed by atoms with E-state index in [-0.39, 0.29) is 0 Å². The molecule has 1 saturated carbocycles. The molecule has 0 saturated heterocycles. The van der Waals surface area contributed by atoms with Gasteiger partial charge >= 0.3 is 5.97 Å². The maximum atomic E-state index is 11.6. The van der Waals surface area contributed by atoms with E-state index in [4.69, 9.17) is 0 Å². The van der Waals surface area contributed by atoms with E-state index >= 15 is 0 Å². The van der Waals surface area contributed by atoms with Crippen molar-refractivity contribution in [3.63, 3.8) is 0 Å². The Labute approximate surface area is 185 Å². The summed E-state index contributed by atoms with van der Waals surface area (Å²) in [6, 6.07) is 9.57. The van der Waals surface area contributed by atoms with Crippen LogP contribution in [-0.4, -0.2) is 31.1 Å². The molecule has 4 rings (SSSR count). The lowest BCUT2D eigenvalue weighted by Gasteiger charge is -2.44. The Morgan fingerprint density at radius 1 is 1.23 bits per heavy atom. The predicted octanol–water partition coefficient (Wildman–Crippen LogP) is 4.75. The van der Waals surface area contributed by atoms with Crippen LogP contribution in [-0.2, 0) is 10.4 Å². The van der Waals surface area contributed by atoms with Crippen molar-refractivity contribution < 1.29 is 15.0 Å². The third kappa shape index (κ3) is 4.45. The summed E-state index contributed by atoms with van der Waals surface area (Å²) < 4.78 is 0. The number of aryl methyl sites for hydroxylation is 1. The summed E-state index contributed by atoms with van der Waals surface area (Å²) in [4.78, 5) is 25.9. The highest BCUT2D eigenvalue weighted by molar-refractivity contribution is 7.15. The Kier molecular flexibility index (Phi) is 5.53. The van der Waals surface area contributed by atoms with Gasteiger partial charge in [-0.2, -0.15) is 0 Å². The van der Waals surface area contributed by atoms with E-state index in [2.05, 4.69) is 20.3 Å². The van der Waals surface area contributed by atoms with Gasteiger partial charge in [-0.1, -0.05) is 19.9 Å². The van der Waals surface area contributed by atoms with E-state index in [1.165, 1.54) is 11.3 Å². The number of carboxylic acid groups (broad SMARTS) is 1. The number of aromatic nitrogens is 3. The van der Waals surface area contributed by atoms with Crippen molar-refractivity contribution >= 4 is 28.9 Å². The SMILES string of the molecule is Cc1ccnc(Nc2cccc(-c3cnc([C@]4(O)CC[C@@H](C(=O)O)C(C)(C)C4)s3)n2)c1. The molecule has 3 aromatic heterocycles. The Morgan fingerprint density at radius 2 is 2.03 bits per heavy atom. The van der Waals surface area contributed by atoms with Gasteiger partial charge in [0.25, 0.3) is 0 Å². The van der Waals surface area contributed by atoms with Crippen LogP contribution in [0.5, 0.6) is 0 Å². The smallest absolute Gasteiger partial charge is 0.307 e. The maximum Gasteiger partial charge on any atom is 0.307 e. The lowest BCUT2D eigenvalue weighted by atomic mass is 9.63. The number of nitrogens with zero attached hydrogens (tertiary/aromatic N) is 3. The molecule has 1 aliphatic rings. The topological polar surface area (TPSA) is 108 Å². The van der Waals surface area contributed by atoms with Crippen molar-refractivity contribution in [1.29, 1.82) is 0 Å². The van der Waals surface area contributed by atoms with Gasteiger partial charge < -0.3 is 15.5 Å². The van der Waals surface area contributed by atoms with E-state index in [1.807, 2.05) is 51.1 Å². The van der Waals surface area contributed by atoms with Gasteiger partial charge in [0, 0.05) is 12.4 Å². The molecule has 3 aromatic rings. The molecule has 0 bridgehead atoms. The van der Waals surface area contributed by atoms with Gasteiger partial charge in [-0.25, -0.2) is 15.0 Å². The molecule has 0 amide bonds. The molecular weight excluding hydrogens is 412 g/mol. The number of hydrogen-bond acceptors (Lipinski definition) is 7. The van der Waals surface area contributed by atoms with Crippen LogP contribution < -0.4 is 5.32 Å². The minimum Gasteiger partial charge on any atom is -0.481 e. The molecule has 1 aliphatic carbocycles. The summed E-state index contributed by atoms with van der Waals surface area (Å²) >= 11 is 1.40. The first kappa shape index (κ1) is 21.4. The lowest BCUT2D eigenvalue weighted by molar-refractivity contribution is -0.154. The van der Waals surface area contributed by atoms with Crippen LogP contribution in [0.15, 0.2) is 42.7 Å². The van der Waals surface area contributed by atoms with Gasteiger partial charge in [-0.05, 0) is 61.4 Å². The Balaban J connectivity index is 1.56. The van der Waals surface area contributed by atoms with Gasteiger partial charge in [0.1, 0.15) is 22.2 Å². The van der Waals surface area contributed by atoms with Crippen LogP contribution in [0.4, 0.5) is 11.6 Å². The molecule has 31 heavy (non-hydrogen) atoms. The first-order valence-electron chi connectivity index (χ1n) is 10.2. The standard InChI is InChI=1S/C23H26N4O3S/c1-14-8-10-24-19(11-14)27-18-6-4-5-16(26-18)17-12-25-21(31-17)23(30)9-7-15(20(28)29)22(2,3)13-23/h4-6,8,10-12,15,30H,7,9,13H2,1-3H3,(H,28,29)(H,24,26,27)/t15-,23-/m0/s1. The van der Waals surface area contributed by atoms with Gasteiger partial charge in [-0.3, -0.25) is 4.79 Å². The quantitative estimate of drug-likeness (QED) is 0.527. The number of rotatable bonds is 5. The first-order valence-corrected chi connectivity index (χ1v) is 11.1. The highest BCUT2D eigenvalue weighted by atomic mass is 32.1. The highest BCUT2D eigenvalue weighted by Crippen LogP contribution is 2.50. The van der Waals surface area contributed by atoms with Crippen molar-refractivity contribution in [2.75, 3.05) is 5.32 Å². The van der Waals surface area contributed by atoms with Gasteiger partial charge in [0.2, 0.25) is 0 Å². The molecule has 0 aromatic carbocycles. The number of aliphatic carboxylic acids is 1. The first-order chi connectivity index (χ1) is 14.7. The minimum absolute atomic E-state index is 0.359. The normalized spacial score (nSPS) is 22.8. The lowest BCUT2D eigenvalue weighted by Crippen LogP contribution is -2.44. The van der Waals surface area contributed by atoms with Crippen LogP contribution in [0.2, 0.25) is 0 Å². The zero-order chi connectivity index (χ0) is 22.2. The molecule has 7 nitrogen and oxygen atoms in total. The minimum atomic E-state index is -1.13. The number of hydrogen-bond donors (Lipinski definition) is 3. The summed E-state index contributed by atoms with van der Waals surface area (Å²) in [7, 11) is 0. The van der Waals surface area contributed by atoms with Gasteiger partial charge in [0.15, 0.2) is 0 Å². The second kappa shape index (κ2) is 8.01. The van der Waals surface area contributed by atoms with Gasteiger partial charge in [0.05, 0.1) is 16.5 Å². The average molecular weight is 439 g/mol. The third-order valence-electron chi connectivity index (χ3n) is 5.91. The molecule has 2 atom stereocenters. The van der Waals surface area contributed by atoms with E-state index in [1.54, 1.807) is 12.4 Å². The number of carbonyl (C=O) groups is 1. The molecule has 8 heteroatoms. The average Bonchev–Trinajstić information content (AvgIpc) is 3.18. The van der Waals surface area contributed by atoms with Crippen molar-refractivity contribution in [3.8, 4) is 10.6 Å². The van der Waals surface area contributed by atoms with Crippen LogP contribution in [0, 0.1) is 18.3 Å². The third-order valence-corrected chi connectivity index (χ3v) is 7.13. The van der Waals surface area contributed by atoms with Crippen LogP contribution in [0.3, 0.4) is 0 Å². The van der Waals surface area contributed by atoms with E-state index in [9.17, 15) is 15.0 Å². The molecule has 1 fully saturated rings. The molecule has 0 spiro atoms. The van der Waals surface area contributed by atoms with E-state index in [0.29, 0.717) is 30.1 Å². The molecular formula is C23H26N4O3S. The van der Waals surface area contributed by atoms with Crippen molar-refractivity contribution in [3.05, 3.63) is 53.3 Å². The molecule has 0 unspecified atom stereocenters. The highest BCUT2D eigenvalue weighted by Gasteiger charge is 2.49. The fraction of sp³-hybridized carbons (Fsp3) is 0.391. The predicted molar refractivity (Wildman–Crippen MR) is 120 cm³/mol. The number of thiazole rings is 1.